The van der Waals surface area contributed by atoms with Gasteiger partial charge in [-0.25, -0.2) is 0 Å². The second-order valence-electron chi connectivity index (χ2n) is 4.94. The van der Waals surface area contributed by atoms with Crippen molar-refractivity contribution in [3.05, 3.63) is 37.7 Å². The highest BCUT2D eigenvalue weighted by Gasteiger charge is 2.25. The summed E-state index contributed by atoms with van der Waals surface area (Å²) in [5, 5.41) is 12.2. The van der Waals surface area contributed by atoms with Gasteiger partial charge in [-0.3, -0.25) is 9.89 Å². The number of carbonyl (C=O) groups is 1. The van der Waals surface area contributed by atoms with Crippen LogP contribution in [0.3, 0.4) is 0 Å². The molecule has 2 N–H and O–H groups in total. The standard InChI is InChI=1S/C14H16BrN3OS/c1-2-9-12(15)13(18-17-9)14(19)16-10-4-3-5-11-8(10)6-7-20-11/h6-7,10H,2-5H2,1H3,(H,16,19)(H,17,18). The molecule has 1 aliphatic rings. The number of halogens is 1. The molecular formula is C14H16BrN3OS. The summed E-state index contributed by atoms with van der Waals surface area (Å²) >= 11 is 5.23. The molecular weight excluding hydrogens is 338 g/mol. The number of nitrogens with zero attached hydrogens (tertiary/aromatic N) is 1. The lowest BCUT2D eigenvalue weighted by Gasteiger charge is -2.23. The van der Waals surface area contributed by atoms with Crippen molar-refractivity contribution in [3.63, 3.8) is 0 Å². The molecule has 6 heteroatoms. The van der Waals surface area contributed by atoms with Gasteiger partial charge in [0, 0.05) is 10.6 Å². The van der Waals surface area contributed by atoms with Crippen LogP contribution in [0.15, 0.2) is 15.9 Å². The number of fused-ring (bicyclic) bond motifs is 1. The molecule has 106 valence electrons. The Balaban J connectivity index is 1.79. The van der Waals surface area contributed by atoms with Crippen LogP contribution >= 0.6 is 27.3 Å². The number of amides is 1. The second-order valence-corrected chi connectivity index (χ2v) is 6.73. The highest BCUT2D eigenvalue weighted by molar-refractivity contribution is 9.10. The molecule has 0 aromatic carbocycles. The molecule has 0 saturated carbocycles. The van der Waals surface area contributed by atoms with Crippen molar-refractivity contribution >= 4 is 33.2 Å². The van der Waals surface area contributed by atoms with E-state index in [0.717, 1.165) is 35.8 Å². The van der Waals surface area contributed by atoms with Crippen LogP contribution in [-0.2, 0) is 12.8 Å². The fourth-order valence-corrected chi connectivity index (χ4v) is 4.24. The molecule has 0 bridgehead atoms. The smallest absolute Gasteiger partial charge is 0.273 e. The van der Waals surface area contributed by atoms with Gasteiger partial charge in [-0.2, -0.15) is 5.10 Å². The van der Waals surface area contributed by atoms with Crippen molar-refractivity contribution in [2.75, 3.05) is 0 Å². The van der Waals surface area contributed by atoms with Crippen molar-refractivity contribution in [2.24, 2.45) is 0 Å². The van der Waals surface area contributed by atoms with Crippen molar-refractivity contribution < 1.29 is 4.79 Å². The Morgan fingerprint density at radius 1 is 1.65 bits per heavy atom. The Hall–Kier alpha value is -1.14. The first-order chi connectivity index (χ1) is 9.70. The predicted octanol–water partition coefficient (Wildman–Crippen LogP) is 3.60. The SMILES string of the molecule is CCc1[nH]nc(C(=O)NC2CCCc3sccc32)c1Br. The highest BCUT2D eigenvalue weighted by Crippen LogP contribution is 2.33. The molecule has 4 nitrogen and oxygen atoms in total. The monoisotopic (exact) mass is 353 g/mol. The van der Waals surface area contributed by atoms with Gasteiger partial charge in [-0.05, 0) is 58.6 Å². The third-order valence-corrected chi connectivity index (χ3v) is 5.55. The maximum atomic E-state index is 12.4. The maximum Gasteiger partial charge on any atom is 0.273 e. The summed E-state index contributed by atoms with van der Waals surface area (Å²) in [4.78, 5) is 13.8. The van der Waals surface area contributed by atoms with E-state index in [1.54, 1.807) is 11.3 Å². The summed E-state index contributed by atoms with van der Waals surface area (Å²) in [5.41, 5.74) is 2.68. The topological polar surface area (TPSA) is 57.8 Å². The van der Waals surface area contributed by atoms with Crippen LogP contribution in [0.1, 0.15) is 52.4 Å². The summed E-state index contributed by atoms with van der Waals surface area (Å²) in [5.74, 6) is -0.114. The minimum absolute atomic E-state index is 0.114. The average molecular weight is 354 g/mol. The van der Waals surface area contributed by atoms with Crippen LogP contribution in [0, 0.1) is 0 Å². The molecule has 0 saturated heterocycles. The van der Waals surface area contributed by atoms with Gasteiger partial charge < -0.3 is 5.32 Å². The lowest BCUT2D eigenvalue weighted by Crippen LogP contribution is -2.30. The van der Waals surface area contributed by atoms with E-state index in [2.05, 4.69) is 42.9 Å². The van der Waals surface area contributed by atoms with E-state index < -0.39 is 0 Å². The van der Waals surface area contributed by atoms with Gasteiger partial charge in [0.2, 0.25) is 0 Å². The van der Waals surface area contributed by atoms with Gasteiger partial charge in [0.15, 0.2) is 5.69 Å². The maximum absolute atomic E-state index is 12.4. The van der Waals surface area contributed by atoms with Gasteiger partial charge in [-0.1, -0.05) is 6.92 Å². The summed E-state index contributed by atoms with van der Waals surface area (Å²) in [6, 6.07) is 2.24. The first-order valence-electron chi connectivity index (χ1n) is 6.80. The Bertz CT molecular complexity index is 634. The van der Waals surface area contributed by atoms with Crippen molar-refractivity contribution in [2.45, 2.75) is 38.6 Å². The van der Waals surface area contributed by atoms with E-state index in [1.807, 2.05) is 6.92 Å². The molecule has 2 aromatic heterocycles. The number of thiophene rings is 1. The minimum Gasteiger partial charge on any atom is -0.344 e. The lowest BCUT2D eigenvalue weighted by atomic mass is 9.94. The van der Waals surface area contributed by atoms with E-state index in [-0.39, 0.29) is 11.9 Å². The zero-order chi connectivity index (χ0) is 14.1. The molecule has 3 rings (SSSR count). The number of aromatic amines is 1. The van der Waals surface area contributed by atoms with Crippen LogP contribution in [0.2, 0.25) is 0 Å². The lowest BCUT2D eigenvalue weighted by molar-refractivity contribution is 0.0927. The first kappa shape index (κ1) is 13.8. The molecule has 1 aliphatic carbocycles. The third-order valence-electron chi connectivity index (χ3n) is 3.70. The predicted molar refractivity (Wildman–Crippen MR) is 83.1 cm³/mol. The number of H-pyrrole nitrogens is 1. The first-order valence-corrected chi connectivity index (χ1v) is 8.47. The molecule has 2 aromatic rings. The summed E-state index contributed by atoms with van der Waals surface area (Å²) in [6.07, 6.45) is 4.07. The number of rotatable bonds is 3. The second kappa shape index (κ2) is 5.69. The summed E-state index contributed by atoms with van der Waals surface area (Å²) in [7, 11) is 0. The highest BCUT2D eigenvalue weighted by atomic mass is 79.9. The van der Waals surface area contributed by atoms with Crippen LogP contribution < -0.4 is 5.32 Å². The molecule has 0 radical (unpaired) electrons. The number of hydrogen-bond acceptors (Lipinski definition) is 3. The fourth-order valence-electron chi connectivity index (χ4n) is 2.61. The number of aryl methyl sites for hydroxylation is 2. The Kier molecular flexibility index (Phi) is 3.94. The number of nitrogens with one attached hydrogen (secondary N) is 2. The Morgan fingerprint density at radius 3 is 3.25 bits per heavy atom. The van der Waals surface area contributed by atoms with Gasteiger partial charge in [0.1, 0.15) is 0 Å². The molecule has 1 unspecified atom stereocenters. The molecule has 20 heavy (non-hydrogen) atoms. The largest absolute Gasteiger partial charge is 0.344 e. The van der Waals surface area contributed by atoms with Gasteiger partial charge in [-0.15, -0.1) is 11.3 Å². The Morgan fingerprint density at radius 2 is 2.50 bits per heavy atom. The van der Waals surface area contributed by atoms with E-state index in [0.29, 0.717) is 5.69 Å². The zero-order valence-electron chi connectivity index (χ0n) is 11.2. The Labute approximate surface area is 130 Å². The summed E-state index contributed by atoms with van der Waals surface area (Å²) in [6.45, 7) is 2.03. The molecule has 2 heterocycles. The number of aromatic nitrogens is 2. The normalized spacial score (nSPS) is 17.8. The third kappa shape index (κ3) is 2.42. The quantitative estimate of drug-likeness (QED) is 0.885. The van der Waals surface area contributed by atoms with E-state index in [4.69, 9.17) is 0 Å². The van der Waals surface area contributed by atoms with E-state index >= 15 is 0 Å². The summed E-state index contributed by atoms with van der Waals surface area (Å²) < 4.78 is 0.777. The molecule has 0 aliphatic heterocycles. The number of carbonyl (C=O) groups excluding carboxylic acids is 1. The van der Waals surface area contributed by atoms with Crippen LogP contribution in [0.25, 0.3) is 0 Å². The molecule has 1 atom stereocenters. The van der Waals surface area contributed by atoms with Crippen molar-refractivity contribution in [1.29, 1.82) is 0 Å². The van der Waals surface area contributed by atoms with Crippen molar-refractivity contribution in [3.8, 4) is 0 Å². The van der Waals surface area contributed by atoms with Crippen LogP contribution in [0.5, 0.6) is 0 Å². The molecule has 1 amide bonds. The van der Waals surface area contributed by atoms with E-state index in [9.17, 15) is 4.79 Å². The van der Waals surface area contributed by atoms with Crippen molar-refractivity contribution in [1.82, 2.24) is 15.5 Å². The average Bonchev–Trinajstić information content (AvgIpc) is 3.05. The number of hydrogen-bond donors (Lipinski definition) is 2. The van der Waals surface area contributed by atoms with Crippen LogP contribution in [0.4, 0.5) is 0 Å². The minimum atomic E-state index is -0.114. The van der Waals surface area contributed by atoms with Crippen LogP contribution in [-0.4, -0.2) is 16.1 Å². The van der Waals surface area contributed by atoms with Gasteiger partial charge in [0.25, 0.3) is 5.91 Å². The van der Waals surface area contributed by atoms with Gasteiger partial charge in [0.05, 0.1) is 10.5 Å². The molecule has 0 spiro atoms. The van der Waals surface area contributed by atoms with Gasteiger partial charge >= 0.3 is 0 Å². The zero-order valence-corrected chi connectivity index (χ0v) is 13.6. The fraction of sp³-hybridized carbons (Fsp3) is 0.429. The van der Waals surface area contributed by atoms with E-state index in [1.165, 1.54) is 10.4 Å². The molecule has 0 fully saturated rings.